The normalized spacial score (nSPS) is 17.4. The molecule has 0 bridgehead atoms. The van der Waals surface area contributed by atoms with Crippen molar-refractivity contribution in [2.24, 2.45) is 0 Å². The van der Waals surface area contributed by atoms with Crippen LogP contribution >= 0.6 is 0 Å². The average molecular weight is 439 g/mol. The van der Waals surface area contributed by atoms with Crippen molar-refractivity contribution in [1.82, 2.24) is 10.3 Å². The first-order valence-corrected chi connectivity index (χ1v) is 11.8. The summed E-state index contributed by atoms with van der Waals surface area (Å²) in [7, 11) is -3.10. The van der Waals surface area contributed by atoms with Crippen LogP contribution in [-0.2, 0) is 19.4 Å². The van der Waals surface area contributed by atoms with Crippen LogP contribution in [0.15, 0.2) is 54.6 Å². The van der Waals surface area contributed by atoms with Crippen molar-refractivity contribution in [1.29, 1.82) is 0 Å². The molecule has 160 valence electrons. The van der Waals surface area contributed by atoms with Gasteiger partial charge in [0.25, 0.3) is 5.91 Å². The number of fused-ring (bicyclic) bond motifs is 1. The molecule has 1 N–H and O–H groups in total. The third kappa shape index (κ3) is 4.91. The number of aryl methyl sites for hydroxylation is 1. The van der Waals surface area contributed by atoms with Crippen molar-refractivity contribution in [3.63, 3.8) is 0 Å². The second-order valence-electron chi connectivity index (χ2n) is 7.68. The van der Waals surface area contributed by atoms with E-state index in [0.29, 0.717) is 28.6 Å². The predicted molar refractivity (Wildman–Crippen MR) is 117 cm³/mol. The number of benzene rings is 2. The molecule has 0 unspecified atom stereocenters. The minimum atomic E-state index is -3.10. The highest BCUT2D eigenvalue weighted by molar-refractivity contribution is 7.91. The number of carbonyl (C=O) groups excluding carboxylic acids is 2. The van der Waals surface area contributed by atoms with Gasteiger partial charge < -0.3 is 10.1 Å². The van der Waals surface area contributed by atoms with Gasteiger partial charge in [-0.3, -0.25) is 4.79 Å². The number of hydrogen-bond acceptors (Lipinski definition) is 6. The van der Waals surface area contributed by atoms with Crippen LogP contribution in [0.5, 0.6) is 0 Å². The molecule has 1 aliphatic heterocycles. The molecule has 0 radical (unpaired) electrons. The summed E-state index contributed by atoms with van der Waals surface area (Å²) in [6.07, 6.45) is 0.372. The number of sulfone groups is 1. The Morgan fingerprint density at radius 2 is 1.87 bits per heavy atom. The van der Waals surface area contributed by atoms with Gasteiger partial charge in [0.15, 0.2) is 16.4 Å². The van der Waals surface area contributed by atoms with Gasteiger partial charge in [0.05, 0.1) is 28.3 Å². The van der Waals surface area contributed by atoms with Crippen LogP contribution in [0.25, 0.3) is 22.2 Å². The van der Waals surface area contributed by atoms with E-state index in [4.69, 9.17) is 4.74 Å². The molecule has 2 aromatic carbocycles. The number of pyridine rings is 1. The van der Waals surface area contributed by atoms with Crippen molar-refractivity contribution in [2.75, 3.05) is 18.1 Å². The molecule has 4 rings (SSSR count). The van der Waals surface area contributed by atoms with E-state index in [0.717, 1.165) is 11.1 Å². The molecule has 31 heavy (non-hydrogen) atoms. The fraction of sp³-hybridized carbons (Fsp3) is 0.261. The second-order valence-corrected chi connectivity index (χ2v) is 9.91. The lowest BCUT2D eigenvalue weighted by Gasteiger charge is -2.12. The third-order valence-corrected chi connectivity index (χ3v) is 6.98. The molecule has 0 aliphatic carbocycles. The zero-order chi connectivity index (χ0) is 22.0. The third-order valence-electron chi connectivity index (χ3n) is 5.22. The van der Waals surface area contributed by atoms with E-state index in [-0.39, 0.29) is 11.5 Å². The van der Waals surface area contributed by atoms with E-state index < -0.39 is 34.4 Å². The molecule has 1 saturated heterocycles. The number of nitrogens with zero attached hydrogens (tertiary/aromatic N) is 1. The summed E-state index contributed by atoms with van der Waals surface area (Å²) in [4.78, 5) is 29.6. The average Bonchev–Trinajstić information content (AvgIpc) is 3.09. The van der Waals surface area contributed by atoms with Crippen molar-refractivity contribution in [3.05, 3.63) is 65.7 Å². The number of ether oxygens (including phenoxy) is 1. The number of hydrogen-bond donors (Lipinski definition) is 1. The summed E-state index contributed by atoms with van der Waals surface area (Å²) >= 11 is 0. The first-order valence-electron chi connectivity index (χ1n) is 9.94. The zero-order valence-electron chi connectivity index (χ0n) is 17.0. The smallest absolute Gasteiger partial charge is 0.339 e. The van der Waals surface area contributed by atoms with E-state index in [9.17, 15) is 18.0 Å². The SMILES string of the molecule is Cc1ccc(-c2cc(C(=O)OCC(=O)N[C@@H]3CCS(=O)(=O)C3)c3ccccc3n2)cc1. The van der Waals surface area contributed by atoms with Crippen LogP contribution in [0.2, 0.25) is 0 Å². The maximum Gasteiger partial charge on any atom is 0.339 e. The Morgan fingerprint density at radius 3 is 2.58 bits per heavy atom. The fourth-order valence-corrected chi connectivity index (χ4v) is 5.28. The molecule has 3 aromatic rings. The maximum absolute atomic E-state index is 12.8. The minimum Gasteiger partial charge on any atom is -0.452 e. The van der Waals surface area contributed by atoms with Gasteiger partial charge in [0.2, 0.25) is 0 Å². The molecule has 2 heterocycles. The molecule has 7 nitrogen and oxygen atoms in total. The minimum absolute atomic E-state index is 0.0581. The van der Waals surface area contributed by atoms with Gasteiger partial charge in [0, 0.05) is 17.0 Å². The monoisotopic (exact) mass is 438 g/mol. The Labute approximate surface area is 180 Å². The number of aromatic nitrogens is 1. The van der Waals surface area contributed by atoms with Crippen LogP contribution in [0.3, 0.4) is 0 Å². The van der Waals surface area contributed by atoms with Crippen LogP contribution in [0.1, 0.15) is 22.3 Å². The molecular weight excluding hydrogens is 416 g/mol. The topological polar surface area (TPSA) is 102 Å². The van der Waals surface area contributed by atoms with Gasteiger partial charge in [-0.1, -0.05) is 48.0 Å². The van der Waals surface area contributed by atoms with Crippen molar-refractivity contribution >= 4 is 32.6 Å². The number of para-hydroxylation sites is 1. The lowest BCUT2D eigenvalue weighted by molar-refractivity contribution is -0.124. The largest absolute Gasteiger partial charge is 0.452 e. The van der Waals surface area contributed by atoms with Gasteiger partial charge in [-0.05, 0) is 25.5 Å². The Hall–Kier alpha value is -3.26. The lowest BCUT2D eigenvalue weighted by atomic mass is 10.0. The maximum atomic E-state index is 12.8. The van der Waals surface area contributed by atoms with E-state index in [1.54, 1.807) is 18.2 Å². The predicted octanol–water partition coefficient (Wildman–Crippen LogP) is 2.67. The van der Waals surface area contributed by atoms with Gasteiger partial charge in [0.1, 0.15) is 0 Å². The lowest BCUT2D eigenvalue weighted by Crippen LogP contribution is -2.38. The zero-order valence-corrected chi connectivity index (χ0v) is 17.8. The Morgan fingerprint density at radius 1 is 1.13 bits per heavy atom. The van der Waals surface area contributed by atoms with Gasteiger partial charge in [-0.25, -0.2) is 18.2 Å². The highest BCUT2D eigenvalue weighted by atomic mass is 32.2. The Kier molecular flexibility index (Phi) is 5.73. The number of amides is 1. The van der Waals surface area contributed by atoms with Gasteiger partial charge >= 0.3 is 5.97 Å². The summed E-state index contributed by atoms with van der Waals surface area (Å²) in [6.45, 7) is 1.51. The Bertz CT molecular complexity index is 1250. The number of carbonyl (C=O) groups is 2. The quantitative estimate of drug-likeness (QED) is 0.615. The van der Waals surface area contributed by atoms with Crippen LogP contribution in [-0.4, -0.2) is 49.4 Å². The number of nitrogens with one attached hydrogen (secondary N) is 1. The van der Waals surface area contributed by atoms with E-state index >= 15 is 0 Å². The highest BCUT2D eigenvalue weighted by Crippen LogP contribution is 2.25. The highest BCUT2D eigenvalue weighted by Gasteiger charge is 2.29. The first kappa shape index (κ1) is 21.0. The summed E-state index contributed by atoms with van der Waals surface area (Å²) in [5.41, 5.74) is 3.58. The van der Waals surface area contributed by atoms with Gasteiger partial charge in [-0.15, -0.1) is 0 Å². The molecular formula is C23H22N2O5S. The van der Waals surface area contributed by atoms with Gasteiger partial charge in [-0.2, -0.15) is 0 Å². The summed E-state index contributed by atoms with van der Waals surface area (Å²) in [5, 5.41) is 3.24. The fourth-order valence-electron chi connectivity index (χ4n) is 3.60. The molecule has 1 amide bonds. The molecule has 1 fully saturated rings. The van der Waals surface area contributed by atoms with Crippen molar-refractivity contribution in [2.45, 2.75) is 19.4 Å². The van der Waals surface area contributed by atoms with Crippen LogP contribution in [0.4, 0.5) is 0 Å². The molecule has 1 atom stereocenters. The Balaban J connectivity index is 1.53. The number of rotatable bonds is 5. The second kappa shape index (κ2) is 8.47. The van der Waals surface area contributed by atoms with Crippen molar-refractivity contribution in [3.8, 4) is 11.3 Å². The summed E-state index contributed by atoms with van der Waals surface area (Å²) in [5.74, 6) is -1.18. The standard InChI is InChI=1S/C23H22N2O5S/c1-15-6-8-16(9-7-15)21-12-19(18-4-2-3-5-20(18)25-21)23(27)30-13-22(26)24-17-10-11-31(28,29)14-17/h2-9,12,17H,10-11,13-14H2,1H3,(H,24,26)/t17-/m1/s1. The summed E-state index contributed by atoms with van der Waals surface area (Å²) in [6, 6.07) is 16.3. The molecule has 8 heteroatoms. The molecule has 1 aromatic heterocycles. The van der Waals surface area contributed by atoms with Crippen LogP contribution in [0, 0.1) is 6.92 Å². The molecule has 0 saturated carbocycles. The molecule has 0 spiro atoms. The van der Waals surface area contributed by atoms with E-state index in [1.807, 2.05) is 43.3 Å². The first-order chi connectivity index (χ1) is 14.8. The van der Waals surface area contributed by atoms with Crippen LogP contribution < -0.4 is 5.32 Å². The molecule has 1 aliphatic rings. The van der Waals surface area contributed by atoms with E-state index in [1.165, 1.54) is 0 Å². The summed E-state index contributed by atoms with van der Waals surface area (Å²) < 4.78 is 28.3. The number of esters is 1. The van der Waals surface area contributed by atoms with E-state index in [2.05, 4.69) is 10.3 Å². The van der Waals surface area contributed by atoms with Crippen molar-refractivity contribution < 1.29 is 22.7 Å².